The van der Waals surface area contributed by atoms with Crippen molar-refractivity contribution in [2.75, 3.05) is 19.0 Å². The Morgan fingerprint density at radius 2 is 2.11 bits per heavy atom. The third-order valence-electron chi connectivity index (χ3n) is 2.09. The van der Waals surface area contributed by atoms with E-state index < -0.39 is 12.0 Å². The van der Waals surface area contributed by atoms with E-state index in [-0.39, 0.29) is 18.1 Å². The summed E-state index contributed by atoms with van der Waals surface area (Å²) in [6, 6.07) is 1.26. The van der Waals surface area contributed by atoms with Crippen molar-refractivity contribution in [3.63, 3.8) is 0 Å². The standard InChI is InChI=1S/C11H14N2O4S/c1-3-16-10(14)7(5-12)9-13-8(6-18-9)11(15)17-4-2/h8,13H,3-4,6H2,1-2H3/b9-7+. The van der Waals surface area contributed by atoms with Gasteiger partial charge in [-0.05, 0) is 13.8 Å². The number of nitriles is 1. The van der Waals surface area contributed by atoms with Gasteiger partial charge in [0.1, 0.15) is 12.1 Å². The Balaban J connectivity index is 2.76. The molecule has 0 amide bonds. The molecule has 98 valence electrons. The summed E-state index contributed by atoms with van der Waals surface area (Å²) >= 11 is 1.24. The van der Waals surface area contributed by atoms with Gasteiger partial charge in [-0.25, -0.2) is 9.59 Å². The Labute approximate surface area is 109 Å². The molecule has 18 heavy (non-hydrogen) atoms. The molecule has 1 aliphatic heterocycles. The van der Waals surface area contributed by atoms with Crippen molar-refractivity contribution in [3.05, 3.63) is 10.6 Å². The number of rotatable bonds is 4. The second-order valence-electron chi connectivity index (χ2n) is 3.30. The molecule has 1 unspecified atom stereocenters. The molecule has 1 rings (SSSR count). The van der Waals surface area contributed by atoms with Gasteiger partial charge in [0.05, 0.1) is 18.2 Å². The summed E-state index contributed by atoms with van der Waals surface area (Å²) < 4.78 is 9.62. The highest BCUT2D eigenvalue weighted by Crippen LogP contribution is 2.26. The zero-order chi connectivity index (χ0) is 13.5. The second kappa shape index (κ2) is 6.91. The Kier molecular flexibility index (Phi) is 5.52. The molecule has 0 bridgehead atoms. The van der Waals surface area contributed by atoms with Crippen LogP contribution in [0.1, 0.15) is 13.8 Å². The highest BCUT2D eigenvalue weighted by atomic mass is 32.2. The van der Waals surface area contributed by atoms with Gasteiger partial charge in [-0.3, -0.25) is 0 Å². The molecule has 0 aromatic rings. The first-order valence-corrected chi connectivity index (χ1v) is 6.50. The number of thioether (sulfide) groups is 1. The minimum Gasteiger partial charge on any atom is -0.464 e. The number of carbonyl (C=O) groups excluding carboxylic acids is 2. The topological polar surface area (TPSA) is 88.4 Å². The molecular weight excluding hydrogens is 256 g/mol. The van der Waals surface area contributed by atoms with E-state index in [0.29, 0.717) is 17.4 Å². The Morgan fingerprint density at radius 1 is 1.44 bits per heavy atom. The molecule has 1 atom stereocenters. The average molecular weight is 270 g/mol. The zero-order valence-electron chi connectivity index (χ0n) is 10.2. The first-order valence-electron chi connectivity index (χ1n) is 5.51. The van der Waals surface area contributed by atoms with Gasteiger partial charge >= 0.3 is 11.9 Å². The van der Waals surface area contributed by atoms with Crippen molar-refractivity contribution in [2.45, 2.75) is 19.9 Å². The van der Waals surface area contributed by atoms with Crippen LogP contribution < -0.4 is 5.32 Å². The number of nitrogens with one attached hydrogen (secondary N) is 1. The predicted molar refractivity (Wildman–Crippen MR) is 65.3 cm³/mol. The molecular formula is C11H14N2O4S. The van der Waals surface area contributed by atoms with Gasteiger partial charge in [-0.2, -0.15) is 5.26 Å². The van der Waals surface area contributed by atoms with Crippen molar-refractivity contribution in [1.29, 1.82) is 5.26 Å². The second-order valence-corrected chi connectivity index (χ2v) is 4.33. The summed E-state index contributed by atoms with van der Waals surface area (Å²) in [6.45, 7) is 3.87. The lowest BCUT2D eigenvalue weighted by Crippen LogP contribution is -2.34. The maximum Gasteiger partial charge on any atom is 0.351 e. The number of hydrogen-bond acceptors (Lipinski definition) is 7. The summed E-state index contributed by atoms with van der Waals surface area (Å²) in [7, 11) is 0. The highest BCUT2D eigenvalue weighted by Gasteiger charge is 2.31. The minimum atomic E-state index is -0.681. The van der Waals surface area contributed by atoms with Gasteiger partial charge in [-0.15, -0.1) is 11.8 Å². The molecule has 6 nitrogen and oxygen atoms in total. The first-order chi connectivity index (χ1) is 8.63. The van der Waals surface area contributed by atoms with E-state index in [1.165, 1.54) is 11.8 Å². The maximum absolute atomic E-state index is 11.5. The summed E-state index contributed by atoms with van der Waals surface area (Å²) in [6.07, 6.45) is 0. The largest absolute Gasteiger partial charge is 0.464 e. The molecule has 1 heterocycles. The molecule has 7 heteroatoms. The Hall–Kier alpha value is -1.68. The molecule has 0 aliphatic carbocycles. The van der Waals surface area contributed by atoms with Gasteiger partial charge in [0.2, 0.25) is 0 Å². The van der Waals surface area contributed by atoms with Gasteiger partial charge in [-0.1, -0.05) is 0 Å². The molecule has 0 radical (unpaired) electrons. The van der Waals surface area contributed by atoms with Crippen molar-refractivity contribution in [3.8, 4) is 6.07 Å². The van der Waals surface area contributed by atoms with E-state index in [4.69, 9.17) is 14.7 Å². The van der Waals surface area contributed by atoms with Gasteiger partial charge in [0.15, 0.2) is 5.57 Å². The van der Waals surface area contributed by atoms with Crippen molar-refractivity contribution in [1.82, 2.24) is 5.32 Å². The van der Waals surface area contributed by atoms with E-state index >= 15 is 0 Å². The Bertz CT molecular complexity index is 414. The smallest absolute Gasteiger partial charge is 0.351 e. The molecule has 1 saturated heterocycles. The fraction of sp³-hybridized carbons (Fsp3) is 0.545. The van der Waals surface area contributed by atoms with Gasteiger partial charge in [0.25, 0.3) is 0 Å². The van der Waals surface area contributed by atoms with Crippen molar-refractivity contribution >= 4 is 23.7 Å². The molecule has 0 saturated carbocycles. The first kappa shape index (κ1) is 14.4. The van der Waals surface area contributed by atoms with Gasteiger partial charge in [0, 0.05) is 5.75 Å². The van der Waals surface area contributed by atoms with Crippen LogP contribution in [0.25, 0.3) is 0 Å². The zero-order valence-corrected chi connectivity index (χ0v) is 11.0. The minimum absolute atomic E-state index is 0.103. The third-order valence-corrected chi connectivity index (χ3v) is 3.20. The molecule has 0 aromatic heterocycles. The van der Waals surface area contributed by atoms with Crippen LogP contribution >= 0.6 is 11.8 Å². The lowest BCUT2D eigenvalue weighted by molar-refractivity contribution is -0.144. The predicted octanol–water partition coefficient (Wildman–Crippen LogP) is 0.553. The van der Waals surface area contributed by atoms with Crippen LogP contribution in [0.4, 0.5) is 0 Å². The van der Waals surface area contributed by atoms with E-state index in [9.17, 15) is 9.59 Å². The quantitative estimate of drug-likeness (QED) is 0.453. The van der Waals surface area contributed by atoms with Crippen LogP contribution in [-0.4, -0.2) is 36.9 Å². The fourth-order valence-corrected chi connectivity index (χ4v) is 2.37. The Morgan fingerprint density at radius 3 is 2.67 bits per heavy atom. The molecule has 1 aliphatic rings. The average Bonchev–Trinajstić information content (AvgIpc) is 2.80. The molecule has 0 aromatic carbocycles. The number of carbonyl (C=O) groups is 2. The lowest BCUT2D eigenvalue weighted by Gasteiger charge is -2.09. The number of ether oxygens (including phenoxy) is 2. The van der Waals surface area contributed by atoms with Crippen LogP contribution in [0.2, 0.25) is 0 Å². The summed E-state index contributed by atoms with van der Waals surface area (Å²) in [5, 5.41) is 12.1. The summed E-state index contributed by atoms with van der Waals surface area (Å²) in [5.41, 5.74) is -0.103. The van der Waals surface area contributed by atoms with Gasteiger partial charge < -0.3 is 14.8 Å². The third kappa shape index (κ3) is 3.40. The van der Waals surface area contributed by atoms with Crippen molar-refractivity contribution in [2.24, 2.45) is 0 Å². The van der Waals surface area contributed by atoms with E-state index in [0.717, 1.165) is 0 Å². The van der Waals surface area contributed by atoms with E-state index in [2.05, 4.69) is 5.32 Å². The van der Waals surface area contributed by atoms with E-state index in [1.54, 1.807) is 19.9 Å². The maximum atomic E-state index is 11.5. The summed E-state index contributed by atoms with van der Waals surface area (Å²) in [5.74, 6) is -0.640. The SMILES string of the molecule is CCOC(=O)/C(C#N)=C1\NC(C(=O)OCC)CS1. The molecule has 1 N–H and O–H groups in total. The molecule has 1 fully saturated rings. The monoisotopic (exact) mass is 270 g/mol. The van der Waals surface area contributed by atoms with Crippen LogP contribution in [0, 0.1) is 11.3 Å². The highest BCUT2D eigenvalue weighted by molar-refractivity contribution is 8.03. The van der Waals surface area contributed by atoms with Crippen LogP contribution in [-0.2, 0) is 19.1 Å². The summed E-state index contributed by atoms with van der Waals surface area (Å²) in [4.78, 5) is 23.0. The fourth-order valence-electron chi connectivity index (χ4n) is 1.31. The molecule has 0 spiro atoms. The van der Waals surface area contributed by atoms with Crippen LogP contribution in [0.15, 0.2) is 10.6 Å². The van der Waals surface area contributed by atoms with Crippen LogP contribution in [0.3, 0.4) is 0 Å². The number of esters is 2. The normalized spacial score (nSPS) is 20.6. The van der Waals surface area contributed by atoms with Crippen molar-refractivity contribution < 1.29 is 19.1 Å². The number of hydrogen-bond donors (Lipinski definition) is 1. The lowest BCUT2D eigenvalue weighted by atomic mass is 10.3. The van der Waals surface area contributed by atoms with Crippen LogP contribution in [0.5, 0.6) is 0 Å². The van der Waals surface area contributed by atoms with E-state index in [1.807, 2.05) is 0 Å². The number of nitrogens with zero attached hydrogens (tertiary/aromatic N) is 1.